The average Bonchev–Trinajstić information content (AvgIpc) is 2.57. The van der Waals surface area contributed by atoms with Gasteiger partial charge in [-0.15, -0.1) is 0 Å². The van der Waals surface area contributed by atoms with Crippen molar-refractivity contribution in [2.45, 2.75) is 25.7 Å². The third-order valence-corrected chi connectivity index (χ3v) is 4.74. The van der Waals surface area contributed by atoms with Crippen LogP contribution in [0.1, 0.15) is 24.8 Å². The molecule has 3 amide bonds. The van der Waals surface area contributed by atoms with Crippen LogP contribution in [-0.2, 0) is 20.8 Å². The summed E-state index contributed by atoms with van der Waals surface area (Å²) < 4.78 is 0. The predicted octanol–water partition coefficient (Wildman–Crippen LogP) is 0.690. The minimum Gasteiger partial charge on any atom is -0.369 e. The van der Waals surface area contributed by atoms with Gasteiger partial charge in [0.05, 0.1) is 0 Å². The van der Waals surface area contributed by atoms with E-state index in [9.17, 15) is 14.4 Å². The Kier molecular flexibility index (Phi) is 4.32. The van der Waals surface area contributed by atoms with E-state index in [0.717, 1.165) is 17.7 Å². The Morgan fingerprint density at radius 3 is 2.52 bits per heavy atom. The van der Waals surface area contributed by atoms with Crippen molar-refractivity contribution in [3.05, 3.63) is 29.8 Å². The van der Waals surface area contributed by atoms with Crippen LogP contribution in [0, 0.1) is 5.92 Å². The van der Waals surface area contributed by atoms with Gasteiger partial charge in [0.25, 0.3) is 0 Å². The number of hydrogen-bond donors (Lipinski definition) is 1. The highest BCUT2D eigenvalue weighted by atomic mass is 16.2. The van der Waals surface area contributed by atoms with E-state index in [1.165, 1.54) is 0 Å². The predicted molar refractivity (Wildman–Crippen MR) is 85.6 cm³/mol. The summed E-state index contributed by atoms with van der Waals surface area (Å²) in [7, 11) is 0. The summed E-state index contributed by atoms with van der Waals surface area (Å²) in [6, 6.07) is 7.72. The van der Waals surface area contributed by atoms with Crippen LogP contribution in [-0.4, -0.2) is 42.3 Å². The van der Waals surface area contributed by atoms with Crippen molar-refractivity contribution in [1.29, 1.82) is 0 Å². The van der Waals surface area contributed by atoms with Crippen LogP contribution in [0.3, 0.4) is 0 Å². The number of likely N-dealkylation sites (tertiary alicyclic amines) is 1. The number of nitrogens with two attached hydrogens (primary N) is 1. The molecule has 2 aliphatic rings. The first-order valence-electron chi connectivity index (χ1n) is 8.01. The van der Waals surface area contributed by atoms with E-state index < -0.39 is 0 Å². The quantitative estimate of drug-likeness (QED) is 0.890. The number of fused-ring (bicyclic) bond motifs is 1. The molecule has 122 valence electrons. The van der Waals surface area contributed by atoms with Crippen LogP contribution in [0.15, 0.2) is 24.3 Å². The molecule has 2 heterocycles. The Balaban J connectivity index is 1.66. The lowest BCUT2D eigenvalue weighted by Crippen LogP contribution is -2.48. The van der Waals surface area contributed by atoms with Crippen LogP contribution < -0.4 is 10.6 Å². The Morgan fingerprint density at radius 1 is 1.13 bits per heavy atom. The van der Waals surface area contributed by atoms with Crippen molar-refractivity contribution in [2.75, 3.05) is 24.5 Å². The molecule has 0 aliphatic carbocycles. The average molecular weight is 315 g/mol. The zero-order valence-corrected chi connectivity index (χ0v) is 13.0. The van der Waals surface area contributed by atoms with Gasteiger partial charge in [0.1, 0.15) is 6.54 Å². The molecule has 1 fully saturated rings. The van der Waals surface area contributed by atoms with E-state index in [2.05, 4.69) is 0 Å². The number of aryl methyl sites for hydroxylation is 1. The molecule has 0 spiro atoms. The molecule has 1 aromatic carbocycles. The van der Waals surface area contributed by atoms with Crippen LogP contribution in [0.25, 0.3) is 0 Å². The fourth-order valence-corrected chi connectivity index (χ4v) is 3.32. The standard InChI is InChI=1S/C17H21N3O3/c18-17(23)13-7-9-19(10-8-13)16(22)11-20-14-4-2-1-3-12(14)5-6-15(20)21/h1-4,13H,5-11H2,(H2,18,23). The molecule has 3 rings (SSSR count). The normalized spacial score (nSPS) is 18.7. The van der Waals surface area contributed by atoms with Gasteiger partial charge in [-0.1, -0.05) is 18.2 Å². The molecular weight excluding hydrogens is 294 g/mol. The third-order valence-electron chi connectivity index (χ3n) is 4.74. The van der Waals surface area contributed by atoms with E-state index in [-0.39, 0.29) is 30.2 Å². The van der Waals surface area contributed by atoms with E-state index in [4.69, 9.17) is 5.73 Å². The lowest BCUT2D eigenvalue weighted by Gasteiger charge is -2.34. The van der Waals surface area contributed by atoms with E-state index in [1.54, 1.807) is 9.80 Å². The maximum atomic E-state index is 12.5. The van der Waals surface area contributed by atoms with Crippen molar-refractivity contribution in [1.82, 2.24) is 4.90 Å². The van der Waals surface area contributed by atoms with Gasteiger partial charge in [-0.3, -0.25) is 14.4 Å². The molecule has 0 atom stereocenters. The Bertz CT molecular complexity index is 636. The monoisotopic (exact) mass is 315 g/mol. The summed E-state index contributed by atoms with van der Waals surface area (Å²) in [5, 5.41) is 0. The number of para-hydroxylation sites is 1. The second-order valence-corrected chi connectivity index (χ2v) is 6.17. The minimum atomic E-state index is -0.294. The maximum Gasteiger partial charge on any atom is 0.242 e. The molecular formula is C17H21N3O3. The fourth-order valence-electron chi connectivity index (χ4n) is 3.32. The highest BCUT2D eigenvalue weighted by Gasteiger charge is 2.30. The number of hydrogen-bond acceptors (Lipinski definition) is 3. The molecule has 0 saturated carbocycles. The van der Waals surface area contributed by atoms with E-state index in [1.807, 2.05) is 24.3 Å². The van der Waals surface area contributed by atoms with Gasteiger partial charge in [0.2, 0.25) is 17.7 Å². The zero-order chi connectivity index (χ0) is 16.4. The number of benzene rings is 1. The molecule has 0 aromatic heterocycles. The van der Waals surface area contributed by atoms with Crippen molar-refractivity contribution in [3.8, 4) is 0 Å². The number of amides is 3. The minimum absolute atomic E-state index is 0.0101. The number of piperidine rings is 1. The molecule has 1 aromatic rings. The van der Waals surface area contributed by atoms with Crippen molar-refractivity contribution in [2.24, 2.45) is 11.7 Å². The van der Waals surface area contributed by atoms with Gasteiger partial charge in [-0.05, 0) is 30.9 Å². The molecule has 6 nitrogen and oxygen atoms in total. The van der Waals surface area contributed by atoms with Gasteiger partial charge < -0.3 is 15.5 Å². The summed E-state index contributed by atoms with van der Waals surface area (Å²) in [4.78, 5) is 39.2. The van der Waals surface area contributed by atoms with Gasteiger partial charge in [0, 0.05) is 31.1 Å². The Morgan fingerprint density at radius 2 is 1.83 bits per heavy atom. The smallest absolute Gasteiger partial charge is 0.242 e. The lowest BCUT2D eigenvalue weighted by atomic mass is 9.96. The molecule has 0 unspecified atom stereocenters. The number of primary amides is 1. The van der Waals surface area contributed by atoms with Gasteiger partial charge in [-0.2, -0.15) is 0 Å². The summed E-state index contributed by atoms with van der Waals surface area (Å²) in [5.41, 5.74) is 7.26. The number of carbonyl (C=O) groups excluding carboxylic acids is 3. The first-order valence-corrected chi connectivity index (χ1v) is 8.01. The molecule has 1 saturated heterocycles. The number of carbonyl (C=O) groups is 3. The zero-order valence-electron chi connectivity index (χ0n) is 13.0. The van der Waals surface area contributed by atoms with Gasteiger partial charge >= 0.3 is 0 Å². The van der Waals surface area contributed by atoms with Crippen LogP contribution in [0.2, 0.25) is 0 Å². The maximum absolute atomic E-state index is 12.5. The van der Waals surface area contributed by atoms with Crippen LogP contribution in [0.5, 0.6) is 0 Å². The largest absolute Gasteiger partial charge is 0.369 e. The van der Waals surface area contributed by atoms with Crippen molar-refractivity contribution in [3.63, 3.8) is 0 Å². The number of rotatable bonds is 3. The summed E-state index contributed by atoms with van der Waals surface area (Å²) in [6.07, 6.45) is 2.37. The molecule has 2 aliphatic heterocycles. The first-order chi connectivity index (χ1) is 11.1. The second kappa shape index (κ2) is 6.40. The highest BCUT2D eigenvalue weighted by Crippen LogP contribution is 2.27. The van der Waals surface area contributed by atoms with E-state index in [0.29, 0.717) is 32.4 Å². The second-order valence-electron chi connectivity index (χ2n) is 6.17. The summed E-state index contributed by atoms with van der Waals surface area (Å²) >= 11 is 0. The fraction of sp³-hybridized carbons (Fsp3) is 0.471. The lowest BCUT2D eigenvalue weighted by molar-refractivity contribution is -0.134. The topological polar surface area (TPSA) is 83.7 Å². The molecule has 23 heavy (non-hydrogen) atoms. The molecule has 0 radical (unpaired) electrons. The highest BCUT2D eigenvalue weighted by molar-refractivity contribution is 6.01. The molecule has 0 bridgehead atoms. The van der Waals surface area contributed by atoms with Crippen molar-refractivity contribution < 1.29 is 14.4 Å². The Hall–Kier alpha value is -2.37. The van der Waals surface area contributed by atoms with Gasteiger partial charge in [0.15, 0.2) is 0 Å². The summed E-state index contributed by atoms with van der Waals surface area (Å²) in [6.45, 7) is 1.11. The molecule has 2 N–H and O–H groups in total. The third kappa shape index (κ3) is 3.21. The van der Waals surface area contributed by atoms with Gasteiger partial charge in [-0.25, -0.2) is 0 Å². The van der Waals surface area contributed by atoms with Crippen molar-refractivity contribution >= 4 is 23.4 Å². The molecule has 6 heteroatoms. The number of anilines is 1. The van der Waals surface area contributed by atoms with Crippen LogP contribution in [0.4, 0.5) is 5.69 Å². The summed E-state index contributed by atoms with van der Waals surface area (Å²) in [5.74, 6) is -0.518. The number of nitrogens with zero attached hydrogens (tertiary/aromatic N) is 2. The SMILES string of the molecule is NC(=O)C1CCN(C(=O)CN2C(=O)CCc3ccccc32)CC1. The Labute approximate surface area is 135 Å². The first kappa shape index (κ1) is 15.5. The van der Waals surface area contributed by atoms with E-state index >= 15 is 0 Å². The van der Waals surface area contributed by atoms with Crippen LogP contribution >= 0.6 is 0 Å².